The summed E-state index contributed by atoms with van der Waals surface area (Å²) in [4.78, 5) is 0. The normalized spacial score (nSPS) is 13.8. The van der Waals surface area contributed by atoms with Crippen molar-refractivity contribution >= 4 is 65.6 Å². The third-order valence-corrected chi connectivity index (χ3v) is 9.95. The van der Waals surface area contributed by atoms with Crippen LogP contribution in [0.15, 0.2) is 186 Å². The Hall–Kier alpha value is -6.84. The highest BCUT2D eigenvalue weighted by molar-refractivity contribution is 6.17. The van der Waals surface area contributed by atoms with Crippen LogP contribution >= 0.6 is 0 Å². The van der Waals surface area contributed by atoms with Crippen LogP contribution in [0, 0.1) is 0 Å². The summed E-state index contributed by atoms with van der Waals surface area (Å²) in [5.41, 5.74) is 7.84. The third-order valence-electron chi connectivity index (χ3n) is 9.95. The zero-order valence-corrected chi connectivity index (χ0v) is 27.1. The fourth-order valence-corrected chi connectivity index (χ4v) is 7.76. The van der Waals surface area contributed by atoms with E-state index in [1.807, 2.05) is 97.1 Å². The Morgan fingerprint density at radius 1 is 0.451 bits per heavy atom. The fourth-order valence-electron chi connectivity index (χ4n) is 7.76. The van der Waals surface area contributed by atoms with Crippen LogP contribution in [0.1, 0.15) is 9.60 Å². The van der Waals surface area contributed by atoms with E-state index in [-0.39, 0.29) is 57.6 Å². The molecular weight excluding hydrogens is 621 g/mol. The minimum atomic E-state index is -0.435. The van der Waals surface area contributed by atoms with Crippen molar-refractivity contribution < 1.29 is 14.0 Å². The lowest BCUT2D eigenvalue weighted by atomic mass is 9.99. The van der Waals surface area contributed by atoms with Gasteiger partial charge in [0, 0.05) is 38.2 Å². The van der Waals surface area contributed by atoms with Crippen LogP contribution in [-0.4, -0.2) is 9.13 Å². The molecular formula is C48H30N2O. The standard InChI is InChI=1S/C48H30N2O/c1-3-13-31(14-4-1)35-19-11-20-37-40-30-33(25-27-42(40)49(48(35)37)34-15-5-2-6-16-34)32-26-28-43-39(29-32)36-17-7-9-21-41(36)50(43)44-22-12-24-46-47(44)38-18-8-10-23-45(38)51-46/h1-30H/i7D,9D,17D,21D,26D,28D,29D. The van der Waals surface area contributed by atoms with Gasteiger partial charge in [0.1, 0.15) is 11.2 Å². The summed E-state index contributed by atoms with van der Waals surface area (Å²) in [5.74, 6) is 0. The van der Waals surface area contributed by atoms with E-state index < -0.39 is 12.1 Å². The summed E-state index contributed by atoms with van der Waals surface area (Å²) in [6.07, 6.45) is 0. The maximum absolute atomic E-state index is 9.89. The molecule has 8 aromatic carbocycles. The van der Waals surface area contributed by atoms with E-state index in [0.29, 0.717) is 27.8 Å². The Morgan fingerprint density at radius 2 is 1.20 bits per heavy atom. The van der Waals surface area contributed by atoms with Gasteiger partial charge in [0.05, 0.1) is 42.7 Å². The van der Waals surface area contributed by atoms with Crippen LogP contribution < -0.4 is 0 Å². The number of hydrogen-bond acceptors (Lipinski definition) is 1. The molecule has 0 spiro atoms. The van der Waals surface area contributed by atoms with Gasteiger partial charge in [-0.15, -0.1) is 0 Å². The summed E-state index contributed by atoms with van der Waals surface area (Å²) in [5, 5.41) is 3.69. The quantitative estimate of drug-likeness (QED) is 0.185. The first-order chi connectivity index (χ1) is 28.2. The van der Waals surface area contributed by atoms with Crippen molar-refractivity contribution in [2.45, 2.75) is 0 Å². The van der Waals surface area contributed by atoms with Gasteiger partial charge in [0.25, 0.3) is 0 Å². The van der Waals surface area contributed by atoms with Crippen molar-refractivity contribution in [3.63, 3.8) is 0 Å². The second-order valence-electron chi connectivity index (χ2n) is 12.8. The highest BCUT2D eigenvalue weighted by Gasteiger charge is 2.20. The van der Waals surface area contributed by atoms with E-state index in [1.165, 1.54) is 0 Å². The minimum Gasteiger partial charge on any atom is -0.456 e. The average molecular weight is 658 g/mol. The van der Waals surface area contributed by atoms with Crippen molar-refractivity contribution in [2.75, 3.05) is 0 Å². The highest BCUT2D eigenvalue weighted by atomic mass is 16.3. The van der Waals surface area contributed by atoms with Gasteiger partial charge in [0.2, 0.25) is 0 Å². The van der Waals surface area contributed by atoms with Crippen LogP contribution in [0.5, 0.6) is 0 Å². The summed E-state index contributed by atoms with van der Waals surface area (Å²) in [6.45, 7) is 0. The second kappa shape index (κ2) is 10.8. The highest BCUT2D eigenvalue weighted by Crippen LogP contribution is 2.42. The van der Waals surface area contributed by atoms with Gasteiger partial charge in [-0.1, -0.05) is 121 Å². The Labute approximate surface area is 303 Å². The third kappa shape index (κ3) is 4.12. The summed E-state index contributed by atoms with van der Waals surface area (Å²) in [6, 6.07) is 43.6. The van der Waals surface area contributed by atoms with Gasteiger partial charge < -0.3 is 13.6 Å². The van der Waals surface area contributed by atoms with Crippen LogP contribution in [-0.2, 0) is 0 Å². The molecule has 0 radical (unpaired) electrons. The number of fused-ring (bicyclic) bond motifs is 9. The van der Waals surface area contributed by atoms with Gasteiger partial charge in [-0.25, -0.2) is 0 Å². The molecule has 0 saturated carbocycles. The number of aromatic nitrogens is 2. The second-order valence-corrected chi connectivity index (χ2v) is 12.8. The Kier molecular flexibility index (Phi) is 4.67. The molecule has 0 aliphatic heterocycles. The zero-order chi connectivity index (χ0) is 39.6. The summed E-state index contributed by atoms with van der Waals surface area (Å²) < 4.78 is 75.1. The van der Waals surface area contributed by atoms with Gasteiger partial charge in [-0.05, 0) is 77.3 Å². The van der Waals surface area contributed by atoms with E-state index in [1.54, 1.807) is 10.6 Å². The molecule has 0 aliphatic rings. The predicted octanol–water partition coefficient (Wildman–Crippen LogP) is 13.1. The first kappa shape index (κ1) is 22.0. The largest absolute Gasteiger partial charge is 0.456 e. The van der Waals surface area contributed by atoms with E-state index in [9.17, 15) is 6.85 Å². The van der Waals surface area contributed by atoms with Crippen molar-refractivity contribution in [3.8, 4) is 33.6 Å². The Morgan fingerprint density at radius 3 is 2.10 bits per heavy atom. The smallest absolute Gasteiger partial charge is 0.137 e. The average Bonchev–Trinajstić information content (AvgIpc) is 3.93. The molecule has 11 rings (SSSR count). The van der Waals surface area contributed by atoms with E-state index in [2.05, 4.69) is 41.0 Å². The molecule has 0 amide bonds. The van der Waals surface area contributed by atoms with E-state index >= 15 is 0 Å². The summed E-state index contributed by atoms with van der Waals surface area (Å²) >= 11 is 0. The zero-order valence-electron chi connectivity index (χ0n) is 34.1. The molecule has 3 heterocycles. The number of rotatable bonds is 4. The summed E-state index contributed by atoms with van der Waals surface area (Å²) in [7, 11) is 0. The first-order valence-corrected chi connectivity index (χ1v) is 16.9. The molecule has 3 heteroatoms. The van der Waals surface area contributed by atoms with Crippen LogP contribution in [0.25, 0.3) is 99.2 Å². The van der Waals surface area contributed by atoms with Crippen LogP contribution in [0.4, 0.5) is 0 Å². The molecule has 238 valence electrons. The predicted molar refractivity (Wildman–Crippen MR) is 213 cm³/mol. The van der Waals surface area contributed by atoms with Crippen molar-refractivity contribution in [2.24, 2.45) is 0 Å². The lowest BCUT2D eigenvalue weighted by Crippen LogP contribution is -1.95. The monoisotopic (exact) mass is 657 g/mol. The van der Waals surface area contributed by atoms with E-state index in [0.717, 1.165) is 44.0 Å². The van der Waals surface area contributed by atoms with Crippen molar-refractivity contribution in [1.82, 2.24) is 9.13 Å². The molecule has 0 atom stereocenters. The first-order valence-electron chi connectivity index (χ1n) is 20.4. The van der Waals surface area contributed by atoms with Gasteiger partial charge >= 0.3 is 0 Å². The Balaban J connectivity index is 1.26. The molecule has 0 saturated heterocycles. The molecule has 3 aromatic heterocycles. The molecule has 0 bridgehead atoms. The maximum atomic E-state index is 9.89. The molecule has 51 heavy (non-hydrogen) atoms. The molecule has 3 nitrogen and oxygen atoms in total. The molecule has 11 aromatic rings. The number of nitrogens with zero attached hydrogens (tertiary/aromatic N) is 2. The number of benzene rings is 8. The number of hydrogen-bond donors (Lipinski definition) is 0. The molecule has 0 fully saturated rings. The molecule has 0 unspecified atom stereocenters. The van der Waals surface area contributed by atoms with Crippen molar-refractivity contribution in [3.05, 3.63) is 182 Å². The molecule has 0 aliphatic carbocycles. The fraction of sp³-hybridized carbons (Fsp3) is 0. The van der Waals surface area contributed by atoms with Gasteiger partial charge in [-0.3, -0.25) is 0 Å². The lowest BCUT2D eigenvalue weighted by molar-refractivity contribution is 0.669. The van der Waals surface area contributed by atoms with Gasteiger partial charge in [0.15, 0.2) is 0 Å². The number of furan rings is 1. The van der Waals surface area contributed by atoms with Crippen molar-refractivity contribution in [1.29, 1.82) is 0 Å². The van der Waals surface area contributed by atoms with Gasteiger partial charge in [-0.2, -0.15) is 0 Å². The minimum absolute atomic E-state index is 0.0925. The maximum Gasteiger partial charge on any atom is 0.137 e. The van der Waals surface area contributed by atoms with E-state index in [4.69, 9.17) is 7.16 Å². The van der Waals surface area contributed by atoms with Crippen LogP contribution in [0.3, 0.4) is 0 Å². The Bertz CT molecular complexity index is 3530. The topological polar surface area (TPSA) is 23.0 Å². The molecule has 0 N–H and O–H groups in total. The lowest BCUT2D eigenvalue weighted by Gasteiger charge is -2.12. The van der Waals surface area contributed by atoms with Crippen LogP contribution in [0.2, 0.25) is 0 Å². The SMILES string of the molecule is [2H]c1c([2H])c([2H])c2c(c1[2H])c1c([2H])c(-c3ccc4c(c3)c3cccc(-c5ccccc5)c3n4-c3ccccc3)c([2H])c([2H])c1n2-c1cccc2oc3ccccc3c12. The number of para-hydroxylation sites is 4.